The molecule has 2 aromatic rings. The molecule has 0 aliphatic rings. The van der Waals surface area contributed by atoms with E-state index < -0.39 is 6.04 Å². The van der Waals surface area contributed by atoms with Crippen molar-refractivity contribution >= 4 is 29.1 Å². The first kappa shape index (κ1) is 18.5. The van der Waals surface area contributed by atoms with Gasteiger partial charge in [0.2, 0.25) is 5.91 Å². The molecule has 0 spiro atoms. The molecule has 22 heavy (non-hydrogen) atoms. The Labute approximate surface area is 138 Å². The fourth-order valence-electron chi connectivity index (χ4n) is 2.66. The lowest BCUT2D eigenvalue weighted by Crippen LogP contribution is -2.42. The molecule has 2 N–H and O–H groups in total. The number of nitrogens with two attached hydrogens (primary N) is 1. The molecule has 0 saturated heterocycles. The molecule has 2 rings (SSSR count). The van der Waals surface area contributed by atoms with Gasteiger partial charge in [0.1, 0.15) is 0 Å². The minimum absolute atomic E-state index is 0. The number of fused-ring (bicyclic) bond motifs is 1. The van der Waals surface area contributed by atoms with Crippen LogP contribution in [0.4, 0.5) is 0 Å². The Morgan fingerprint density at radius 1 is 1.14 bits per heavy atom. The summed E-state index contributed by atoms with van der Waals surface area (Å²) >= 11 is 0. The first-order valence-corrected chi connectivity index (χ1v) is 7.46. The van der Waals surface area contributed by atoms with Gasteiger partial charge in [-0.25, -0.2) is 0 Å². The van der Waals surface area contributed by atoms with Gasteiger partial charge in [0.15, 0.2) is 0 Å². The van der Waals surface area contributed by atoms with Crippen molar-refractivity contribution in [2.45, 2.75) is 32.9 Å². The van der Waals surface area contributed by atoms with Gasteiger partial charge in [-0.3, -0.25) is 4.79 Å². The van der Waals surface area contributed by atoms with Crippen LogP contribution in [0.1, 0.15) is 25.8 Å². The van der Waals surface area contributed by atoms with Gasteiger partial charge in [-0.05, 0) is 28.7 Å². The SMILES string of the molecule is CC(C)C[C@H](N)C(=O)N(C)Cc1cccc2ccccc12.Cl. The van der Waals surface area contributed by atoms with Crippen LogP contribution in [0.25, 0.3) is 10.8 Å². The molecule has 0 radical (unpaired) electrons. The van der Waals surface area contributed by atoms with E-state index in [-0.39, 0.29) is 18.3 Å². The van der Waals surface area contributed by atoms with Crippen molar-refractivity contribution < 1.29 is 4.79 Å². The summed E-state index contributed by atoms with van der Waals surface area (Å²) in [5.41, 5.74) is 7.15. The van der Waals surface area contributed by atoms with Crippen LogP contribution in [-0.2, 0) is 11.3 Å². The number of carbonyl (C=O) groups excluding carboxylic acids is 1. The Morgan fingerprint density at radius 2 is 1.77 bits per heavy atom. The van der Waals surface area contributed by atoms with E-state index in [1.165, 1.54) is 10.8 Å². The number of hydrogen-bond acceptors (Lipinski definition) is 2. The second-order valence-corrected chi connectivity index (χ2v) is 6.07. The molecule has 0 bridgehead atoms. The summed E-state index contributed by atoms with van der Waals surface area (Å²) in [6.07, 6.45) is 0.721. The van der Waals surface area contributed by atoms with Crippen molar-refractivity contribution in [2.24, 2.45) is 11.7 Å². The van der Waals surface area contributed by atoms with Crippen LogP contribution >= 0.6 is 12.4 Å². The van der Waals surface area contributed by atoms with Crippen LogP contribution < -0.4 is 5.73 Å². The zero-order valence-electron chi connectivity index (χ0n) is 13.5. The predicted molar refractivity (Wildman–Crippen MR) is 95.1 cm³/mol. The highest BCUT2D eigenvalue weighted by Gasteiger charge is 2.19. The summed E-state index contributed by atoms with van der Waals surface area (Å²) < 4.78 is 0. The highest BCUT2D eigenvalue weighted by molar-refractivity contribution is 5.87. The maximum atomic E-state index is 12.3. The number of rotatable bonds is 5. The zero-order valence-corrected chi connectivity index (χ0v) is 14.3. The van der Waals surface area contributed by atoms with E-state index in [4.69, 9.17) is 5.73 Å². The predicted octanol–water partition coefficient (Wildman–Crippen LogP) is 3.59. The fourth-order valence-corrected chi connectivity index (χ4v) is 2.66. The second-order valence-electron chi connectivity index (χ2n) is 6.07. The van der Waals surface area contributed by atoms with Crippen molar-refractivity contribution in [3.63, 3.8) is 0 Å². The van der Waals surface area contributed by atoms with Gasteiger partial charge in [-0.1, -0.05) is 56.3 Å². The van der Waals surface area contributed by atoms with Gasteiger partial charge < -0.3 is 10.6 Å². The summed E-state index contributed by atoms with van der Waals surface area (Å²) in [5, 5.41) is 2.39. The fraction of sp³-hybridized carbons (Fsp3) is 0.389. The molecule has 0 aliphatic carbocycles. The average Bonchev–Trinajstić information content (AvgIpc) is 2.46. The normalized spacial score (nSPS) is 12.0. The number of likely N-dealkylation sites (N-methyl/N-ethyl adjacent to an activating group) is 1. The molecule has 1 atom stereocenters. The minimum atomic E-state index is -0.412. The van der Waals surface area contributed by atoms with Crippen LogP contribution in [0.5, 0.6) is 0 Å². The van der Waals surface area contributed by atoms with Crippen molar-refractivity contribution in [1.82, 2.24) is 4.90 Å². The largest absolute Gasteiger partial charge is 0.340 e. The van der Waals surface area contributed by atoms with Crippen LogP contribution in [0.2, 0.25) is 0 Å². The van der Waals surface area contributed by atoms with Crippen LogP contribution in [0, 0.1) is 5.92 Å². The molecule has 3 nitrogen and oxygen atoms in total. The molecule has 1 amide bonds. The molecule has 0 fully saturated rings. The minimum Gasteiger partial charge on any atom is -0.340 e. The number of benzene rings is 2. The molecule has 120 valence electrons. The molecule has 4 heteroatoms. The number of hydrogen-bond donors (Lipinski definition) is 1. The molecule has 0 aromatic heterocycles. The highest BCUT2D eigenvalue weighted by atomic mass is 35.5. The lowest BCUT2D eigenvalue weighted by Gasteiger charge is -2.23. The third-order valence-corrected chi connectivity index (χ3v) is 3.71. The van der Waals surface area contributed by atoms with E-state index in [1.807, 2.05) is 25.2 Å². The van der Waals surface area contributed by atoms with E-state index in [1.54, 1.807) is 4.90 Å². The molecule has 0 unspecified atom stereocenters. The number of halogens is 1. The van der Waals surface area contributed by atoms with Gasteiger partial charge in [0.25, 0.3) is 0 Å². The molecule has 0 aliphatic heterocycles. The van der Waals surface area contributed by atoms with Crippen molar-refractivity contribution in [1.29, 1.82) is 0 Å². The maximum absolute atomic E-state index is 12.3. The van der Waals surface area contributed by atoms with Crippen LogP contribution in [-0.4, -0.2) is 23.9 Å². The monoisotopic (exact) mass is 320 g/mol. The number of carbonyl (C=O) groups is 1. The first-order chi connectivity index (χ1) is 9.99. The molecule has 0 heterocycles. The topological polar surface area (TPSA) is 46.3 Å². The Bertz CT molecular complexity index is 622. The molecule has 0 saturated carbocycles. The summed E-state index contributed by atoms with van der Waals surface area (Å²) in [4.78, 5) is 14.1. The van der Waals surface area contributed by atoms with E-state index in [0.29, 0.717) is 12.5 Å². The maximum Gasteiger partial charge on any atom is 0.239 e. The van der Waals surface area contributed by atoms with Crippen molar-refractivity contribution in [3.8, 4) is 0 Å². The molecular weight excluding hydrogens is 296 g/mol. The van der Waals surface area contributed by atoms with Gasteiger partial charge in [-0.2, -0.15) is 0 Å². The highest BCUT2D eigenvalue weighted by Crippen LogP contribution is 2.20. The quantitative estimate of drug-likeness (QED) is 0.915. The molecule has 2 aromatic carbocycles. The van der Waals surface area contributed by atoms with Crippen LogP contribution in [0.3, 0.4) is 0 Å². The van der Waals surface area contributed by atoms with E-state index in [0.717, 1.165) is 12.0 Å². The lowest BCUT2D eigenvalue weighted by atomic mass is 10.0. The molecular formula is C18H25ClN2O. The zero-order chi connectivity index (χ0) is 15.4. The Hall–Kier alpha value is -1.58. The van der Waals surface area contributed by atoms with Gasteiger partial charge in [-0.15, -0.1) is 12.4 Å². The standard InChI is InChI=1S/C18H24N2O.ClH/c1-13(2)11-17(19)18(21)20(3)12-15-9-6-8-14-7-4-5-10-16(14)15;/h4-10,13,17H,11-12,19H2,1-3H3;1H/t17-;/m0./s1. The van der Waals surface area contributed by atoms with Gasteiger partial charge in [0.05, 0.1) is 6.04 Å². The third kappa shape index (κ3) is 4.46. The second kappa shape index (κ2) is 8.16. The van der Waals surface area contributed by atoms with Crippen molar-refractivity contribution in [3.05, 3.63) is 48.0 Å². The first-order valence-electron chi connectivity index (χ1n) is 7.46. The average molecular weight is 321 g/mol. The Balaban J connectivity index is 0.00000242. The van der Waals surface area contributed by atoms with E-state index in [2.05, 4.69) is 38.1 Å². The number of nitrogens with zero attached hydrogens (tertiary/aromatic N) is 1. The van der Waals surface area contributed by atoms with Crippen molar-refractivity contribution in [2.75, 3.05) is 7.05 Å². The lowest BCUT2D eigenvalue weighted by molar-refractivity contribution is -0.132. The number of amides is 1. The van der Waals surface area contributed by atoms with Gasteiger partial charge in [0, 0.05) is 13.6 Å². The third-order valence-electron chi connectivity index (χ3n) is 3.71. The van der Waals surface area contributed by atoms with Crippen LogP contribution in [0.15, 0.2) is 42.5 Å². The Kier molecular flexibility index (Phi) is 6.85. The van der Waals surface area contributed by atoms with E-state index in [9.17, 15) is 4.79 Å². The summed E-state index contributed by atoms with van der Waals surface area (Å²) in [5.74, 6) is 0.437. The Morgan fingerprint density at radius 3 is 2.45 bits per heavy atom. The summed E-state index contributed by atoms with van der Waals surface area (Å²) in [6, 6.07) is 14.0. The smallest absolute Gasteiger partial charge is 0.239 e. The summed E-state index contributed by atoms with van der Waals surface area (Å²) in [7, 11) is 1.82. The summed E-state index contributed by atoms with van der Waals surface area (Å²) in [6.45, 7) is 4.75. The van der Waals surface area contributed by atoms with E-state index >= 15 is 0 Å². The van der Waals surface area contributed by atoms with Gasteiger partial charge >= 0.3 is 0 Å².